The smallest absolute Gasteiger partial charge is 0.325 e. The molecule has 7 nitrogen and oxygen atoms in total. The van der Waals surface area contributed by atoms with Gasteiger partial charge >= 0.3 is 5.97 Å². The molecular formula is C18H23N3O4. The first-order valence-electron chi connectivity index (χ1n) is 8.59. The van der Waals surface area contributed by atoms with Crippen molar-refractivity contribution in [2.24, 2.45) is 0 Å². The van der Waals surface area contributed by atoms with Crippen molar-refractivity contribution in [3.8, 4) is 0 Å². The molecule has 134 valence electrons. The first-order valence-corrected chi connectivity index (χ1v) is 8.59. The zero-order valence-electron chi connectivity index (χ0n) is 14.4. The third kappa shape index (κ3) is 4.17. The summed E-state index contributed by atoms with van der Waals surface area (Å²) in [4.78, 5) is 28.2. The minimum Gasteiger partial charge on any atom is -0.468 e. The fourth-order valence-electron chi connectivity index (χ4n) is 3.04. The first-order chi connectivity index (χ1) is 12.2. The normalized spacial score (nSPS) is 16.9. The van der Waals surface area contributed by atoms with E-state index in [2.05, 4.69) is 10.3 Å². The number of amides is 1. The van der Waals surface area contributed by atoms with Gasteiger partial charge in [-0.15, -0.1) is 0 Å². The number of hydrogen-bond acceptors (Lipinski definition) is 5. The summed E-state index contributed by atoms with van der Waals surface area (Å²) in [6, 6.07) is 7.70. The third-order valence-electron chi connectivity index (χ3n) is 4.35. The van der Waals surface area contributed by atoms with Crippen molar-refractivity contribution in [3.63, 3.8) is 0 Å². The van der Waals surface area contributed by atoms with E-state index in [0.29, 0.717) is 19.6 Å². The summed E-state index contributed by atoms with van der Waals surface area (Å²) in [6.45, 7) is 1.35. The quantitative estimate of drug-likeness (QED) is 0.606. The molecule has 1 N–H and O–H groups in total. The van der Waals surface area contributed by atoms with Crippen LogP contribution >= 0.6 is 0 Å². The molecule has 1 aliphatic rings. The fourth-order valence-corrected chi connectivity index (χ4v) is 3.04. The Balaban J connectivity index is 1.61. The van der Waals surface area contributed by atoms with Gasteiger partial charge in [0.2, 0.25) is 5.91 Å². The Morgan fingerprint density at radius 2 is 2.24 bits per heavy atom. The van der Waals surface area contributed by atoms with Crippen LogP contribution in [0.15, 0.2) is 24.3 Å². The molecule has 25 heavy (non-hydrogen) atoms. The van der Waals surface area contributed by atoms with Gasteiger partial charge in [-0.3, -0.25) is 9.59 Å². The summed E-state index contributed by atoms with van der Waals surface area (Å²) in [7, 11) is 1.38. The van der Waals surface area contributed by atoms with Crippen LogP contribution in [0.5, 0.6) is 0 Å². The van der Waals surface area contributed by atoms with E-state index in [1.54, 1.807) is 0 Å². The Morgan fingerprint density at radius 1 is 1.40 bits per heavy atom. The van der Waals surface area contributed by atoms with Crippen LogP contribution in [0, 0.1) is 0 Å². The predicted octanol–water partition coefficient (Wildman–Crippen LogP) is 1.44. The monoisotopic (exact) mass is 345 g/mol. The second kappa shape index (κ2) is 8.11. The minimum atomic E-state index is -0.309. The lowest BCUT2D eigenvalue weighted by atomic mass is 10.2. The van der Waals surface area contributed by atoms with E-state index >= 15 is 0 Å². The van der Waals surface area contributed by atoms with Crippen LogP contribution in [-0.2, 0) is 32.0 Å². The van der Waals surface area contributed by atoms with Gasteiger partial charge in [0.25, 0.3) is 0 Å². The molecule has 1 atom stereocenters. The van der Waals surface area contributed by atoms with Crippen molar-refractivity contribution >= 4 is 22.9 Å². The lowest BCUT2D eigenvalue weighted by Gasteiger charge is -2.11. The summed E-state index contributed by atoms with van der Waals surface area (Å²) >= 11 is 0. The number of nitrogens with zero attached hydrogens (tertiary/aromatic N) is 2. The maximum Gasteiger partial charge on any atom is 0.325 e. The van der Waals surface area contributed by atoms with E-state index < -0.39 is 0 Å². The van der Waals surface area contributed by atoms with Crippen LogP contribution in [0.3, 0.4) is 0 Å². The number of imidazole rings is 1. The van der Waals surface area contributed by atoms with Gasteiger partial charge in [-0.1, -0.05) is 12.1 Å². The van der Waals surface area contributed by atoms with Crippen molar-refractivity contribution in [1.82, 2.24) is 14.9 Å². The van der Waals surface area contributed by atoms with Gasteiger partial charge in [-0.25, -0.2) is 4.98 Å². The van der Waals surface area contributed by atoms with E-state index in [9.17, 15) is 9.59 Å². The highest BCUT2D eigenvalue weighted by Crippen LogP contribution is 2.17. The molecule has 1 aromatic heterocycles. The number of ether oxygens (including phenoxy) is 2. The van der Waals surface area contributed by atoms with Crippen LogP contribution in [-0.4, -0.2) is 47.8 Å². The molecule has 1 saturated heterocycles. The number of aromatic nitrogens is 2. The molecule has 1 unspecified atom stereocenters. The molecule has 1 aliphatic heterocycles. The number of carbonyl (C=O) groups excluding carboxylic acids is 2. The van der Waals surface area contributed by atoms with Crippen LogP contribution in [0.2, 0.25) is 0 Å². The third-order valence-corrected chi connectivity index (χ3v) is 4.35. The number of aryl methyl sites for hydroxylation is 1. The van der Waals surface area contributed by atoms with Gasteiger partial charge in [-0.05, 0) is 31.4 Å². The predicted molar refractivity (Wildman–Crippen MR) is 92.1 cm³/mol. The van der Waals surface area contributed by atoms with Crippen molar-refractivity contribution < 1.29 is 19.1 Å². The number of rotatable bonds is 7. The lowest BCUT2D eigenvalue weighted by Crippen LogP contribution is -2.34. The average Bonchev–Trinajstić information content (AvgIpc) is 3.27. The Kier molecular flexibility index (Phi) is 5.65. The number of fused-ring (bicyclic) bond motifs is 1. The summed E-state index contributed by atoms with van der Waals surface area (Å²) in [6.07, 6.45) is 2.83. The molecule has 7 heteroatoms. The standard InChI is InChI=1S/C18H23N3O4/c1-24-17(22)12-21-14-7-3-2-6-13(14)20-16(21)9-4-10-19-18(23)15-8-5-11-25-15/h2-3,6-7,15H,4-5,8-12H2,1H3,(H,19,23). The zero-order valence-corrected chi connectivity index (χ0v) is 14.4. The molecule has 0 spiro atoms. The first kappa shape index (κ1) is 17.4. The van der Waals surface area contributed by atoms with Crippen LogP contribution in [0.4, 0.5) is 0 Å². The molecule has 2 heterocycles. The SMILES string of the molecule is COC(=O)Cn1c(CCCNC(=O)C2CCCO2)nc2ccccc21. The summed E-state index contributed by atoms with van der Waals surface area (Å²) in [5, 5.41) is 2.91. The maximum atomic E-state index is 11.9. The summed E-state index contributed by atoms with van der Waals surface area (Å²) in [5.41, 5.74) is 1.76. The van der Waals surface area contributed by atoms with Crippen LogP contribution in [0.1, 0.15) is 25.1 Å². The molecule has 0 saturated carbocycles. The van der Waals surface area contributed by atoms with E-state index in [4.69, 9.17) is 9.47 Å². The maximum absolute atomic E-state index is 11.9. The molecule has 0 aliphatic carbocycles. The Bertz CT molecular complexity index is 750. The molecule has 2 aromatic rings. The zero-order chi connectivity index (χ0) is 17.6. The molecular weight excluding hydrogens is 322 g/mol. The van der Waals surface area contributed by atoms with Crippen molar-refractivity contribution in [2.75, 3.05) is 20.3 Å². The van der Waals surface area contributed by atoms with Gasteiger partial charge in [0.05, 0.1) is 18.1 Å². The van der Waals surface area contributed by atoms with E-state index in [1.807, 2.05) is 28.8 Å². The van der Waals surface area contributed by atoms with Gasteiger partial charge in [0.15, 0.2) is 0 Å². The highest BCUT2D eigenvalue weighted by Gasteiger charge is 2.23. The fraction of sp³-hybridized carbons (Fsp3) is 0.500. The summed E-state index contributed by atoms with van der Waals surface area (Å²) < 4.78 is 12.0. The Morgan fingerprint density at radius 3 is 3.00 bits per heavy atom. The van der Waals surface area contributed by atoms with E-state index in [0.717, 1.165) is 36.1 Å². The molecule has 3 rings (SSSR count). The van der Waals surface area contributed by atoms with Crippen molar-refractivity contribution in [2.45, 2.75) is 38.3 Å². The molecule has 0 bridgehead atoms. The summed E-state index contributed by atoms with van der Waals surface area (Å²) in [5.74, 6) is 0.467. The minimum absolute atomic E-state index is 0.0411. The number of hydrogen-bond donors (Lipinski definition) is 1. The lowest BCUT2D eigenvalue weighted by molar-refractivity contribution is -0.141. The largest absolute Gasteiger partial charge is 0.468 e. The number of para-hydroxylation sites is 2. The van der Waals surface area contributed by atoms with Crippen molar-refractivity contribution in [1.29, 1.82) is 0 Å². The Labute approximate surface area is 146 Å². The number of methoxy groups -OCH3 is 1. The van der Waals surface area contributed by atoms with Gasteiger partial charge in [0.1, 0.15) is 18.5 Å². The van der Waals surface area contributed by atoms with Gasteiger partial charge in [0, 0.05) is 19.6 Å². The topological polar surface area (TPSA) is 82.5 Å². The number of nitrogens with one attached hydrogen (secondary N) is 1. The average molecular weight is 345 g/mol. The number of carbonyl (C=O) groups is 2. The van der Waals surface area contributed by atoms with Gasteiger partial charge in [-0.2, -0.15) is 0 Å². The molecule has 0 radical (unpaired) electrons. The van der Waals surface area contributed by atoms with Crippen molar-refractivity contribution in [3.05, 3.63) is 30.1 Å². The highest BCUT2D eigenvalue weighted by molar-refractivity contribution is 5.81. The Hall–Kier alpha value is -2.41. The number of benzene rings is 1. The van der Waals surface area contributed by atoms with E-state index in [-0.39, 0.29) is 24.5 Å². The van der Waals surface area contributed by atoms with Crippen LogP contribution < -0.4 is 5.32 Å². The van der Waals surface area contributed by atoms with Gasteiger partial charge < -0.3 is 19.4 Å². The van der Waals surface area contributed by atoms with E-state index in [1.165, 1.54) is 7.11 Å². The second-order valence-corrected chi connectivity index (χ2v) is 6.08. The second-order valence-electron chi connectivity index (χ2n) is 6.08. The van der Waals surface area contributed by atoms with Crippen LogP contribution in [0.25, 0.3) is 11.0 Å². The highest BCUT2D eigenvalue weighted by atomic mass is 16.5. The molecule has 1 amide bonds. The molecule has 1 fully saturated rings. The molecule has 1 aromatic carbocycles. The number of esters is 1.